The number of hydrogen-bond donors (Lipinski definition) is 2. The van der Waals surface area contributed by atoms with Crippen LogP contribution < -0.4 is 5.32 Å². The maximum absolute atomic E-state index is 11.5. The predicted molar refractivity (Wildman–Crippen MR) is 63.7 cm³/mol. The third-order valence-corrected chi connectivity index (χ3v) is 3.22. The molecule has 0 aromatic carbocycles. The number of carbonyl (C=O) groups is 1. The first kappa shape index (κ1) is 14.4. The molecule has 100 valence electrons. The molecule has 0 aliphatic carbocycles. The number of hydrogen-bond acceptors (Lipinski definition) is 5. The average molecular weight is 245 g/mol. The Balaban J connectivity index is 2.38. The minimum Gasteiger partial charge on any atom is -0.466 e. The number of ether oxygens (including phenoxy) is 2. The monoisotopic (exact) mass is 245 g/mol. The zero-order valence-electron chi connectivity index (χ0n) is 10.7. The second kappa shape index (κ2) is 6.93. The van der Waals surface area contributed by atoms with Gasteiger partial charge in [-0.1, -0.05) is 6.92 Å². The Bertz CT molecular complexity index is 239. The lowest BCUT2D eigenvalue weighted by molar-refractivity contribution is -0.147. The van der Waals surface area contributed by atoms with Gasteiger partial charge in [0.25, 0.3) is 0 Å². The smallest absolute Gasteiger partial charge is 0.309 e. The molecule has 0 radical (unpaired) electrons. The molecule has 5 heteroatoms. The van der Waals surface area contributed by atoms with E-state index in [0.29, 0.717) is 26.4 Å². The lowest BCUT2D eigenvalue weighted by Gasteiger charge is -2.37. The molecule has 1 aliphatic heterocycles. The molecule has 0 saturated carbocycles. The number of rotatable bonds is 6. The standard InChI is InChI=1S/C12H23NO4/c1-3-17-11(15)10(2)8-13-12(9-14)4-6-16-7-5-12/h10,13-14H,3-9H2,1-2H3. The maximum Gasteiger partial charge on any atom is 0.309 e. The average Bonchev–Trinajstić information content (AvgIpc) is 2.37. The van der Waals surface area contributed by atoms with Gasteiger partial charge in [-0.25, -0.2) is 0 Å². The highest BCUT2D eigenvalue weighted by molar-refractivity contribution is 5.72. The van der Waals surface area contributed by atoms with Gasteiger partial charge in [0, 0.05) is 25.3 Å². The number of aliphatic hydroxyl groups is 1. The first-order chi connectivity index (χ1) is 8.13. The van der Waals surface area contributed by atoms with E-state index in [4.69, 9.17) is 9.47 Å². The van der Waals surface area contributed by atoms with Crippen LogP contribution in [0.5, 0.6) is 0 Å². The van der Waals surface area contributed by atoms with Crippen molar-refractivity contribution in [3.8, 4) is 0 Å². The zero-order valence-corrected chi connectivity index (χ0v) is 10.7. The van der Waals surface area contributed by atoms with Crippen molar-refractivity contribution in [2.45, 2.75) is 32.2 Å². The minimum absolute atomic E-state index is 0.0753. The fourth-order valence-electron chi connectivity index (χ4n) is 1.89. The number of aliphatic hydroxyl groups excluding tert-OH is 1. The van der Waals surface area contributed by atoms with Gasteiger partial charge in [0.05, 0.1) is 19.1 Å². The molecule has 0 aromatic rings. The second-order valence-corrected chi connectivity index (χ2v) is 4.58. The summed E-state index contributed by atoms with van der Waals surface area (Å²) in [6.07, 6.45) is 1.55. The fraction of sp³-hybridized carbons (Fsp3) is 0.917. The van der Waals surface area contributed by atoms with Crippen LogP contribution >= 0.6 is 0 Å². The van der Waals surface area contributed by atoms with E-state index in [0.717, 1.165) is 12.8 Å². The number of nitrogens with one attached hydrogen (secondary N) is 1. The van der Waals surface area contributed by atoms with Gasteiger partial charge in [-0.3, -0.25) is 4.79 Å². The van der Waals surface area contributed by atoms with Crippen LogP contribution in [0.1, 0.15) is 26.7 Å². The Hall–Kier alpha value is -0.650. The van der Waals surface area contributed by atoms with Crippen LogP contribution in [0.3, 0.4) is 0 Å². The lowest BCUT2D eigenvalue weighted by Crippen LogP contribution is -2.54. The second-order valence-electron chi connectivity index (χ2n) is 4.58. The molecule has 0 bridgehead atoms. The van der Waals surface area contributed by atoms with Crippen molar-refractivity contribution in [1.82, 2.24) is 5.32 Å². The molecule has 1 atom stereocenters. The SMILES string of the molecule is CCOC(=O)C(C)CNC1(CO)CCOCC1. The van der Waals surface area contributed by atoms with Crippen LogP contribution in [0.15, 0.2) is 0 Å². The molecule has 2 N–H and O–H groups in total. The Morgan fingerprint density at radius 2 is 2.18 bits per heavy atom. The molecular formula is C12H23NO4. The topological polar surface area (TPSA) is 67.8 Å². The van der Waals surface area contributed by atoms with Crippen molar-refractivity contribution in [3.05, 3.63) is 0 Å². The third kappa shape index (κ3) is 4.26. The number of carbonyl (C=O) groups excluding carboxylic acids is 1. The van der Waals surface area contributed by atoms with Gasteiger partial charge < -0.3 is 19.9 Å². The highest BCUT2D eigenvalue weighted by Crippen LogP contribution is 2.20. The summed E-state index contributed by atoms with van der Waals surface area (Å²) in [6.45, 7) is 5.94. The molecule has 1 fully saturated rings. The first-order valence-corrected chi connectivity index (χ1v) is 6.24. The molecule has 0 aromatic heterocycles. The first-order valence-electron chi connectivity index (χ1n) is 6.24. The summed E-state index contributed by atoms with van der Waals surface area (Å²) >= 11 is 0. The molecular weight excluding hydrogens is 222 g/mol. The van der Waals surface area contributed by atoms with Crippen molar-refractivity contribution >= 4 is 5.97 Å². The predicted octanol–water partition coefficient (Wildman–Crippen LogP) is 0.317. The van der Waals surface area contributed by atoms with E-state index in [1.165, 1.54) is 0 Å². The Morgan fingerprint density at radius 1 is 1.53 bits per heavy atom. The van der Waals surface area contributed by atoms with E-state index in [2.05, 4.69) is 5.32 Å². The van der Waals surface area contributed by atoms with E-state index in [1.54, 1.807) is 6.92 Å². The summed E-state index contributed by atoms with van der Waals surface area (Å²) in [5.74, 6) is -0.388. The van der Waals surface area contributed by atoms with E-state index < -0.39 is 0 Å². The Kier molecular flexibility index (Phi) is 5.88. The van der Waals surface area contributed by atoms with E-state index in [1.807, 2.05) is 6.92 Å². The molecule has 1 saturated heterocycles. The van der Waals surface area contributed by atoms with Gasteiger partial charge in [-0.2, -0.15) is 0 Å². The van der Waals surface area contributed by atoms with E-state index in [9.17, 15) is 9.90 Å². The third-order valence-electron chi connectivity index (χ3n) is 3.22. The highest BCUT2D eigenvalue weighted by atomic mass is 16.5. The summed E-state index contributed by atoms with van der Waals surface area (Å²) in [7, 11) is 0. The fourth-order valence-corrected chi connectivity index (χ4v) is 1.89. The minimum atomic E-state index is -0.293. The summed E-state index contributed by atoms with van der Waals surface area (Å²) in [4.78, 5) is 11.5. The summed E-state index contributed by atoms with van der Waals surface area (Å²) < 4.78 is 10.2. The molecule has 0 spiro atoms. The van der Waals surface area contributed by atoms with Crippen molar-refractivity contribution in [3.63, 3.8) is 0 Å². The molecule has 1 aliphatic rings. The van der Waals surface area contributed by atoms with Gasteiger partial charge in [-0.05, 0) is 19.8 Å². The van der Waals surface area contributed by atoms with Crippen molar-refractivity contribution < 1.29 is 19.4 Å². The Morgan fingerprint density at radius 3 is 2.71 bits per heavy atom. The molecule has 1 heterocycles. The van der Waals surface area contributed by atoms with Crippen LogP contribution in [0.25, 0.3) is 0 Å². The summed E-state index contributed by atoms with van der Waals surface area (Å²) in [5, 5.41) is 12.8. The van der Waals surface area contributed by atoms with Gasteiger partial charge in [0.15, 0.2) is 0 Å². The van der Waals surface area contributed by atoms with Gasteiger partial charge in [-0.15, -0.1) is 0 Å². The zero-order chi connectivity index (χ0) is 12.7. The molecule has 0 amide bonds. The Labute approximate surface area is 102 Å². The highest BCUT2D eigenvalue weighted by Gasteiger charge is 2.32. The summed E-state index contributed by atoms with van der Waals surface area (Å²) in [5.41, 5.74) is -0.293. The van der Waals surface area contributed by atoms with Crippen LogP contribution in [0.4, 0.5) is 0 Å². The van der Waals surface area contributed by atoms with Gasteiger partial charge >= 0.3 is 5.97 Å². The molecule has 5 nitrogen and oxygen atoms in total. The van der Waals surface area contributed by atoms with Crippen LogP contribution in [0, 0.1) is 5.92 Å². The molecule has 1 unspecified atom stereocenters. The maximum atomic E-state index is 11.5. The normalized spacial score (nSPS) is 20.9. The quantitative estimate of drug-likeness (QED) is 0.660. The van der Waals surface area contributed by atoms with Gasteiger partial charge in [0.1, 0.15) is 0 Å². The van der Waals surface area contributed by atoms with Gasteiger partial charge in [0.2, 0.25) is 0 Å². The number of esters is 1. The van der Waals surface area contributed by atoms with Crippen LogP contribution in [0.2, 0.25) is 0 Å². The summed E-state index contributed by atoms with van der Waals surface area (Å²) in [6, 6.07) is 0. The van der Waals surface area contributed by atoms with Crippen LogP contribution in [-0.4, -0.2) is 49.6 Å². The largest absolute Gasteiger partial charge is 0.466 e. The van der Waals surface area contributed by atoms with E-state index >= 15 is 0 Å². The van der Waals surface area contributed by atoms with Crippen molar-refractivity contribution in [1.29, 1.82) is 0 Å². The van der Waals surface area contributed by atoms with E-state index in [-0.39, 0.29) is 24.0 Å². The molecule has 1 rings (SSSR count). The van der Waals surface area contributed by atoms with Crippen LogP contribution in [-0.2, 0) is 14.3 Å². The lowest BCUT2D eigenvalue weighted by atomic mass is 9.90. The molecule has 17 heavy (non-hydrogen) atoms. The van der Waals surface area contributed by atoms with Crippen molar-refractivity contribution in [2.75, 3.05) is 33.0 Å². The van der Waals surface area contributed by atoms with Crippen molar-refractivity contribution in [2.24, 2.45) is 5.92 Å².